The fraction of sp³-hybridized carbons (Fsp3) is 0.571. The number of sulfone groups is 1. The number of ether oxygens (including phenoxy) is 1. The molecule has 5 nitrogen and oxygen atoms in total. The first kappa shape index (κ1) is 15.1. The van der Waals surface area contributed by atoms with Crippen molar-refractivity contribution < 1.29 is 13.2 Å². The molecule has 1 aromatic carbocycles. The van der Waals surface area contributed by atoms with Crippen LogP contribution in [0.15, 0.2) is 23.1 Å². The molecule has 2 rings (SSSR count). The zero-order valence-corrected chi connectivity index (χ0v) is 12.6. The molecule has 1 atom stereocenters. The van der Waals surface area contributed by atoms with Crippen molar-refractivity contribution in [3.8, 4) is 0 Å². The normalized spacial score (nSPS) is 19.8. The lowest BCUT2D eigenvalue weighted by atomic mass is 10.1. The van der Waals surface area contributed by atoms with E-state index in [0.717, 1.165) is 32.4 Å². The van der Waals surface area contributed by atoms with Crippen molar-refractivity contribution in [2.75, 3.05) is 30.5 Å². The summed E-state index contributed by atoms with van der Waals surface area (Å²) in [6, 6.07) is 5.03. The second-order valence-electron chi connectivity index (χ2n) is 5.19. The van der Waals surface area contributed by atoms with Gasteiger partial charge < -0.3 is 15.8 Å². The maximum absolute atomic E-state index is 11.6. The summed E-state index contributed by atoms with van der Waals surface area (Å²) in [7, 11) is -3.29. The summed E-state index contributed by atoms with van der Waals surface area (Å²) in [4.78, 5) is 0.177. The van der Waals surface area contributed by atoms with Crippen molar-refractivity contribution >= 4 is 21.2 Å². The van der Waals surface area contributed by atoms with Crippen LogP contribution in [-0.4, -0.2) is 33.9 Å². The Morgan fingerprint density at radius 2 is 2.20 bits per heavy atom. The first-order valence-electron chi connectivity index (χ1n) is 6.92. The Morgan fingerprint density at radius 1 is 1.40 bits per heavy atom. The van der Waals surface area contributed by atoms with E-state index in [9.17, 15) is 8.42 Å². The van der Waals surface area contributed by atoms with Gasteiger partial charge >= 0.3 is 0 Å². The number of nitrogens with one attached hydrogen (secondary N) is 1. The Morgan fingerprint density at radius 3 is 2.85 bits per heavy atom. The van der Waals surface area contributed by atoms with E-state index < -0.39 is 9.84 Å². The van der Waals surface area contributed by atoms with Gasteiger partial charge in [-0.3, -0.25) is 0 Å². The molecule has 0 spiro atoms. The van der Waals surface area contributed by atoms with Gasteiger partial charge in [0.1, 0.15) is 0 Å². The van der Waals surface area contributed by atoms with Crippen molar-refractivity contribution in [1.29, 1.82) is 0 Å². The van der Waals surface area contributed by atoms with E-state index in [1.165, 1.54) is 18.7 Å². The lowest BCUT2D eigenvalue weighted by Gasteiger charge is -2.23. The van der Waals surface area contributed by atoms with Gasteiger partial charge in [0.2, 0.25) is 0 Å². The minimum absolute atomic E-state index is 0.177. The minimum Gasteiger partial charge on any atom is -0.396 e. The Hall–Kier alpha value is -1.27. The molecule has 0 saturated carbocycles. The number of rotatable bonds is 5. The number of para-hydroxylation sites is 1. The van der Waals surface area contributed by atoms with Gasteiger partial charge in [-0.05, 0) is 37.8 Å². The quantitative estimate of drug-likeness (QED) is 0.813. The molecule has 0 amide bonds. The first-order valence-corrected chi connectivity index (χ1v) is 8.81. The highest BCUT2D eigenvalue weighted by atomic mass is 32.2. The van der Waals surface area contributed by atoms with E-state index in [2.05, 4.69) is 5.32 Å². The topological polar surface area (TPSA) is 81.4 Å². The Balaban J connectivity index is 1.96. The van der Waals surface area contributed by atoms with Crippen LogP contribution < -0.4 is 11.1 Å². The average Bonchev–Trinajstić information content (AvgIpc) is 2.40. The second-order valence-corrected chi connectivity index (χ2v) is 7.18. The lowest BCUT2D eigenvalue weighted by molar-refractivity contribution is 0.0134. The third-order valence-corrected chi connectivity index (χ3v) is 4.68. The van der Waals surface area contributed by atoms with Crippen LogP contribution in [0, 0.1) is 0 Å². The number of anilines is 2. The maximum atomic E-state index is 11.6. The molecule has 0 radical (unpaired) electrons. The van der Waals surface area contributed by atoms with E-state index >= 15 is 0 Å². The van der Waals surface area contributed by atoms with Gasteiger partial charge in [0.05, 0.1) is 22.4 Å². The molecule has 1 saturated heterocycles. The van der Waals surface area contributed by atoms with E-state index in [0.29, 0.717) is 17.5 Å². The number of nitrogens with two attached hydrogens (primary N) is 1. The van der Waals surface area contributed by atoms with Crippen molar-refractivity contribution in [3.63, 3.8) is 0 Å². The zero-order valence-electron chi connectivity index (χ0n) is 11.8. The van der Waals surface area contributed by atoms with Crippen LogP contribution in [0.4, 0.5) is 11.4 Å². The third kappa shape index (κ3) is 3.86. The van der Waals surface area contributed by atoms with E-state index in [-0.39, 0.29) is 4.90 Å². The van der Waals surface area contributed by atoms with E-state index in [4.69, 9.17) is 10.5 Å². The summed E-state index contributed by atoms with van der Waals surface area (Å²) in [6.45, 7) is 1.57. The van der Waals surface area contributed by atoms with Crippen LogP contribution in [0.2, 0.25) is 0 Å². The Kier molecular flexibility index (Phi) is 4.88. The molecule has 1 heterocycles. The van der Waals surface area contributed by atoms with Crippen molar-refractivity contribution in [2.45, 2.75) is 36.7 Å². The van der Waals surface area contributed by atoms with E-state index in [1.807, 2.05) is 0 Å². The smallest absolute Gasteiger partial charge is 0.177 e. The number of hydrogen-bond acceptors (Lipinski definition) is 5. The highest BCUT2D eigenvalue weighted by molar-refractivity contribution is 7.90. The van der Waals surface area contributed by atoms with E-state index in [1.54, 1.807) is 12.1 Å². The zero-order chi connectivity index (χ0) is 14.6. The van der Waals surface area contributed by atoms with Crippen molar-refractivity contribution in [2.24, 2.45) is 0 Å². The molecule has 1 aliphatic rings. The van der Waals surface area contributed by atoms with Gasteiger partial charge in [-0.1, -0.05) is 6.07 Å². The molecule has 6 heteroatoms. The van der Waals surface area contributed by atoms with Gasteiger partial charge in [-0.25, -0.2) is 8.42 Å². The lowest BCUT2D eigenvalue weighted by Crippen LogP contribution is -2.22. The van der Waals surface area contributed by atoms with Crippen LogP contribution in [0.5, 0.6) is 0 Å². The van der Waals surface area contributed by atoms with Crippen molar-refractivity contribution in [3.05, 3.63) is 18.2 Å². The monoisotopic (exact) mass is 298 g/mol. The van der Waals surface area contributed by atoms with Gasteiger partial charge in [0.25, 0.3) is 0 Å². The van der Waals surface area contributed by atoms with Gasteiger partial charge in [-0.2, -0.15) is 0 Å². The Bertz CT molecular complexity index is 552. The molecule has 0 aliphatic carbocycles. The number of benzene rings is 1. The molecule has 3 N–H and O–H groups in total. The summed E-state index contributed by atoms with van der Waals surface area (Å²) in [5.41, 5.74) is 6.88. The van der Waals surface area contributed by atoms with Crippen LogP contribution in [0.1, 0.15) is 25.7 Å². The molecular weight excluding hydrogens is 276 g/mol. The Labute approximate surface area is 120 Å². The first-order chi connectivity index (χ1) is 9.48. The predicted octanol–water partition coefficient (Wildman–Crippen LogP) is 2.04. The van der Waals surface area contributed by atoms with Gasteiger partial charge in [-0.15, -0.1) is 0 Å². The number of hydrogen-bond donors (Lipinski definition) is 2. The molecule has 1 fully saturated rings. The average molecular weight is 298 g/mol. The molecule has 1 aliphatic heterocycles. The highest BCUT2D eigenvalue weighted by Gasteiger charge is 2.15. The summed E-state index contributed by atoms with van der Waals surface area (Å²) in [6.07, 6.45) is 5.83. The largest absolute Gasteiger partial charge is 0.396 e. The SMILES string of the molecule is CS(=O)(=O)c1cccc(NCCC2CCCCO2)c1N. The van der Waals surface area contributed by atoms with Crippen LogP contribution in [0.3, 0.4) is 0 Å². The maximum Gasteiger partial charge on any atom is 0.177 e. The minimum atomic E-state index is -3.29. The van der Waals surface area contributed by atoms with Crippen molar-refractivity contribution in [1.82, 2.24) is 0 Å². The molecule has 0 aromatic heterocycles. The molecular formula is C14H22N2O3S. The van der Waals surface area contributed by atoms with Crippen LogP contribution in [0.25, 0.3) is 0 Å². The fourth-order valence-electron chi connectivity index (χ4n) is 2.42. The second kappa shape index (κ2) is 6.45. The standard InChI is InChI=1S/C14H22N2O3S/c1-20(17,18)13-7-4-6-12(14(13)15)16-9-8-11-5-2-3-10-19-11/h4,6-7,11,16H,2-3,5,8-10,15H2,1H3. The molecule has 112 valence electrons. The van der Waals surface area contributed by atoms with Gasteiger partial charge in [0.15, 0.2) is 9.84 Å². The predicted molar refractivity (Wildman–Crippen MR) is 80.7 cm³/mol. The number of nitrogen functional groups attached to an aromatic ring is 1. The molecule has 1 unspecified atom stereocenters. The van der Waals surface area contributed by atoms with Gasteiger partial charge in [0, 0.05) is 19.4 Å². The molecule has 0 bridgehead atoms. The fourth-order valence-corrected chi connectivity index (χ4v) is 3.26. The molecule has 20 heavy (non-hydrogen) atoms. The van der Waals surface area contributed by atoms with Crippen LogP contribution >= 0.6 is 0 Å². The summed E-state index contributed by atoms with van der Waals surface area (Å²) in [5.74, 6) is 0. The summed E-state index contributed by atoms with van der Waals surface area (Å²) < 4.78 is 28.9. The molecule has 1 aromatic rings. The highest BCUT2D eigenvalue weighted by Crippen LogP contribution is 2.26. The summed E-state index contributed by atoms with van der Waals surface area (Å²) in [5, 5.41) is 3.20. The third-order valence-electron chi connectivity index (χ3n) is 3.52. The van der Waals surface area contributed by atoms with Crippen LogP contribution in [-0.2, 0) is 14.6 Å². The summed E-state index contributed by atoms with van der Waals surface area (Å²) >= 11 is 0.